The van der Waals surface area contributed by atoms with E-state index < -0.39 is 11.9 Å². The van der Waals surface area contributed by atoms with Crippen LogP contribution in [0.5, 0.6) is 0 Å². The number of alkyl halides is 3. The van der Waals surface area contributed by atoms with Gasteiger partial charge in [0.2, 0.25) is 0 Å². The molecule has 0 atom stereocenters. The Labute approximate surface area is 83.9 Å². The summed E-state index contributed by atoms with van der Waals surface area (Å²) in [6.45, 7) is 1.95. The fourth-order valence-electron chi connectivity index (χ4n) is 1.86. The Morgan fingerprint density at radius 2 is 2.07 bits per heavy atom. The first-order valence-electron chi connectivity index (χ1n) is 4.65. The lowest BCUT2D eigenvalue weighted by atomic mass is 10.2. The van der Waals surface area contributed by atoms with E-state index in [1.54, 1.807) is 6.92 Å². The second-order valence-corrected chi connectivity index (χ2v) is 3.41. The van der Waals surface area contributed by atoms with Gasteiger partial charge in [-0.1, -0.05) is 0 Å². The van der Waals surface area contributed by atoms with Gasteiger partial charge in [-0.3, -0.25) is 9.48 Å². The van der Waals surface area contributed by atoms with Gasteiger partial charge < -0.3 is 0 Å². The monoisotopic (exact) mass is 218 g/mol. The topological polar surface area (TPSA) is 34.9 Å². The van der Waals surface area contributed by atoms with Crippen LogP contribution in [0.15, 0.2) is 0 Å². The van der Waals surface area contributed by atoms with Crippen LogP contribution in [0, 0.1) is 0 Å². The van der Waals surface area contributed by atoms with Crippen LogP contribution in [-0.4, -0.2) is 15.6 Å². The molecular weight excluding hydrogens is 209 g/mol. The summed E-state index contributed by atoms with van der Waals surface area (Å²) in [6, 6.07) is 0. The van der Waals surface area contributed by atoms with Gasteiger partial charge in [0.1, 0.15) is 5.69 Å². The van der Waals surface area contributed by atoms with E-state index in [9.17, 15) is 18.0 Å². The second-order valence-electron chi connectivity index (χ2n) is 3.41. The van der Waals surface area contributed by atoms with E-state index in [0.29, 0.717) is 0 Å². The van der Waals surface area contributed by atoms with Crippen LogP contribution in [-0.2, 0) is 19.1 Å². The normalized spacial score (nSPS) is 15.9. The Morgan fingerprint density at radius 3 is 2.60 bits per heavy atom. The third kappa shape index (κ3) is 1.44. The minimum Gasteiger partial charge on any atom is -0.292 e. The lowest BCUT2D eigenvalue weighted by molar-refractivity contribution is -0.142. The molecule has 0 amide bonds. The summed E-state index contributed by atoms with van der Waals surface area (Å²) in [5, 5.41) is 3.44. The zero-order chi connectivity index (χ0) is 11.2. The number of aryl methyl sites for hydroxylation is 1. The van der Waals surface area contributed by atoms with Crippen LogP contribution in [0.2, 0.25) is 0 Å². The summed E-state index contributed by atoms with van der Waals surface area (Å²) in [7, 11) is 0. The van der Waals surface area contributed by atoms with E-state index in [-0.39, 0.29) is 36.4 Å². The van der Waals surface area contributed by atoms with Gasteiger partial charge in [-0.15, -0.1) is 0 Å². The Morgan fingerprint density at radius 1 is 1.40 bits per heavy atom. The first-order valence-corrected chi connectivity index (χ1v) is 4.65. The van der Waals surface area contributed by atoms with Gasteiger partial charge in [0.25, 0.3) is 0 Å². The molecule has 0 fully saturated rings. The van der Waals surface area contributed by atoms with E-state index in [4.69, 9.17) is 0 Å². The molecule has 1 aromatic rings. The Bertz CT molecular complexity index is 420. The minimum atomic E-state index is -4.46. The SMILES string of the molecule is CCn1nc(C(F)(F)F)c2c1C(=O)CC2. The average Bonchev–Trinajstić information content (AvgIpc) is 2.65. The predicted octanol–water partition coefficient (Wildman–Crippen LogP) is 2.05. The van der Waals surface area contributed by atoms with E-state index in [1.807, 2.05) is 0 Å². The quantitative estimate of drug-likeness (QED) is 0.723. The number of rotatable bonds is 1. The molecule has 0 saturated carbocycles. The highest BCUT2D eigenvalue weighted by Crippen LogP contribution is 2.36. The molecule has 1 aliphatic carbocycles. The first kappa shape index (κ1) is 10.2. The molecule has 0 bridgehead atoms. The van der Waals surface area contributed by atoms with Crippen LogP contribution in [0.1, 0.15) is 35.1 Å². The smallest absolute Gasteiger partial charge is 0.292 e. The number of hydrogen-bond donors (Lipinski definition) is 0. The highest BCUT2D eigenvalue weighted by molar-refractivity contribution is 5.99. The predicted molar refractivity (Wildman–Crippen MR) is 45.6 cm³/mol. The van der Waals surface area contributed by atoms with E-state index in [0.717, 1.165) is 4.68 Å². The Balaban J connectivity index is 2.61. The van der Waals surface area contributed by atoms with Crippen LogP contribution in [0.25, 0.3) is 0 Å². The molecule has 0 aromatic carbocycles. The number of fused-ring (bicyclic) bond motifs is 1. The zero-order valence-electron chi connectivity index (χ0n) is 8.06. The number of carbonyl (C=O) groups is 1. The number of carbonyl (C=O) groups excluding carboxylic acids is 1. The summed E-state index contributed by atoms with van der Waals surface area (Å²) in [5.74, 6) is -0.241. The summed E-state index contributed by atoms with van der Waals surface area (Å²) < 4.78 is 38.7. The molecular formula is C9H9F3N2O. The number of aromatic nitrogens is 2. The Hall–Kier alpha value is -1.33. The van der Waals surface area contributed by atoms with Crippen molar-refractivity contribution in [1.82, 2.24) is 9.78 Å². The van der Waals surface area contributed by atoms with Gasteiger partial charge in [0.05, 0.1) is 0 Å². The van der Waals surface area contributed by atoms with Gasteiger partial charge in [-0.05, 0) is 13.3 Å². The summed E-state index contributed by atoms with van der Waals surface area (Å²) in [4.78, 5) is 11.4. The van der Waals surface area contributed by atoms with E-state index in [1.165, 1.54) is 0 Å². The number of Topliss-reactive ketones (excluding diaryl/α,β-unsaturated/α-hetero) is 1. The summed E-state index contributed by atoms with van der Waals surface area (Å²) >= 11 is 0. The van der Waals surface area contributed by atoms with Crippen molar-refractivity contribution in [1.29, 1.82) is 0 Å². The van der Waals surface area contributed by atoms with Crippen molar-refractivity contribution >= 4 is 5.78 Å². The molecule has 2 rings (SSSR count). The maximum atomic E-state index is 12.5. The van der Waals surface area contributed by atoms with Crippen molar-refractivity contribution in [2.24, 2.45) is 0 Å². The largest absolute Gasteiger partial charge is 0.435 e. The molecule has 0 radical (unpaired) electrons. The van der Waals surface area contributed by atoms with Crippen LogP contribution < -0.4 is 0 Å². The molecule has 15 heavy (non-hydrogen) atoms. The summed E-state index contributed by atoms with van der Waals surface area (Å²) in [6.07, 6.45) is -4.14. The first-order chi connectivity index (χ1) is 6.95. The third-order valence-corrected chi connectivity index (χ3v) is 2.48. The van der Waals surface area contributed by atoms with Gasteiger partial charge in [0.15, 0.2) is 11.5 Å². The maximum absolute atomic E-state index is 12.5. The van der Waals surface area contributed by atoms with Gasteiger partial charge >= 0.3 is 6.18 Å². The van der Waals surface area contributed by atoms with Gasteiger partial charge in [-0.2, -0.15) is 18.3 Å². The fraction of sp³-hybridized carbons (Fsp3) is 0.556. The molecule has 3 nitrogen and oxygen atoms in total. The molecule has 1 heterocycles. The van der Waals surface area contributed by atoms with Gasteiger partial charge in [0, 0.05) is 18.5 Å². The van der Waals surface area contributed by atoms with Crippen molar-refractivity contribution < 1.29 is 18.0 Å². The molecule has 0 unspecified atom stereocenters. The number of ketones is 1. The van der Waals surface area contributed by atoms with Crippen LogP contribution in [0.3, 0.4) is 0 Å². The maximum Gasteiger partial charge on any atom is 0.435 e. The fourth-order valence-corrected chi connectivity index (χ4v) is 1.86. The zero-order valence-corrected chi connectivity index (χ0v) is 8.06. The molecule has 0 spiro atoms. The van der Waals surface area contributed by atoms with Crippen molar-refractivity contribution in [3.05, 3.63) is 17.0 Å². The molecule has 0 aliphatic heterocycles. The van der Waals surface area contributed by atoms with Crippen LogP contribution in [0.4, 0.5) is 13.2 Å². The lowest BCUT2D eigenvalue weighted by Gasteiger charge is -2.03. The van der Waals surface area contributed by atoms with E-state index in [2.05, 4.69) is 5.10 Å². The number of nitrogens with zero attached hydrogens (tertiary/aromatic N) is 2. The second kappa shape index (κ2) is 3.08. The number of hydrogen-bond acceptors (Lipinski definition) is 2. The van der Waals surface area contributed by atoms with Crippen molar-refractivity contribution in [2.75, 3.05) is 0 Å². The number of halogens is 3. The molecule has 82 valence electrons. The molecule has 0 saturated heterocycles. The Kier molecular flexibility index (Phi) is 2.09. The standard InChI is InChI=1S/C9H9F3N2O/c1-2-14-7-5(3-4-6(7)15)8(13-14)9(10,11)12/h2-4H2,1H3. The van der Waals surface area contributed by atoms with Crippen molar-refractivity contribution in [3.63, 3.8) is 0 Å². The third-order valence-electron chi connectivity index (χ3n) is 2.48. The van der Waals surface area contributed by atoms with Gasteiger partial charge in [-0.25, -0.2) is 0 Å². The summed E-state index contributed by atoms with van der Waals surface area (Å²) in [5.41, 5.74) is -0.690. The lowest BCUT2D eigenvalue weighted by Crippen LogP contribution is -2.10. The van der Waals surface area contributed by atoms with Crippen molar-refractivity contribution in [2.45, 2.75) is 32.5 Å². The van der Waals surface area contributed by atoms with Crippen molar-refractivity contribution in [3.8, 4) is 0 Å². The van der Waals surface area contributed by atoms with Crippen LogP contribution >= 0.6 is 0 Å². The average molecular weight is 218 g/mol. The highest BCUT2D eigenvalue weighted by Gasteiger charge is 2.42. The minimum absolute atomic E-state index is 0.0642. The van der Waals surface area contributed by atoms with E-state index >= 15 is 0 Å². The molecule has 1 aliphatic rings. The highest BCUT2D eigenvalue weighted by atomic mass is 19.4. The molecule has 1 aromatic heterocycles. The molecule has 0 N–H and O–H groups in total. The molecule has 6 heteroatoms.